The first-order valence-corrected chi connectivity index (χ1v) is 7.81. The Morgan fingerprint density at radius 1 is 1.47 bits per heavy atom. The van der Waals surface area contributed by atoms with Crippen molar-refractivity contribution in [1.82, 2.24) is 8.55 Å². The van der Waals surface area contributed by atoms with Crippen LogP contribution >= 0.6 is 23.6 Å². The summed E-state index contributed by atoms with van der Waals surface area (Å²) in [7, 11) is 1.70. The molecule has 0 amide bonds. The number of aromatic nitrogens is 2. The van der Waals surface area contributed by atoms with Crippen molar-refractivity contribution in [2.24, 2.45) is 0 Å². The van der Waals surface area contributed by atoms with Crippen LogP contribution in [0.2, 0.25) is 0 Å². The first-order valence-electron chi connectivity index (χ1n) is 4.90. The van der Waals surface area contributed by atoms with Crippen LogP contribution in [0.1, 0.15) is 0 Å². The quantitative estimate of drug-likeness (QED) is 0.535. The van der Waals surface area contributed by atoms with Crippen LogP contribution in [-0.4, -0.2) is 30.4 Å². The Morgan fingerprint density at radius 3 is 3.06 bits per heavy atom. The van der Waals surface area contributed by atoms with Crippen LogP contribution < -0.4 is 4.74 Å². The van der Waals surface area contributed by atoms with Crippen LogP contribution in [0.4, 0.5) is 0 Å². The van der Waals surface area contributed by atoms with Gasteiger partial charge in [0.25, 0.3) is 0 Å². The molecule has 0 spiro atoms. The second-order valence-electron chi connectivity index (χ2n) is 3.34. The average molecular weight is 327 g/mol. The first-order chi connectivity index (χ1) is 8.31. The number of methoxy groups -OCH3 is 1. The summed E-state index contributed by atoms with van der Waals surface area (Å²) in [6.07, 6.45) is 1.80. The van der Waals surface area contributed by atoms with Gasteiger partial charge in [0.2, 0.25) is 0 Å². The molecule has 0 fully saturated rings. The molecule has 0 N–H and O–H groups in total. The van der Waals surface area contributed by atoms with Crippen LogP contribution in [0.3, 0.4) is 0 Å². The van der Waals surface area contributed by atoms with Gasteiger partial charge in [-0.15, -0.1) is 0 Å². The number of nitrogens with zero attached hydrogens (tertiary/aromatic N) is 2. The molecule has 3 rings (SSSR count). The predicted molar refractivity (Wildman–Crippen MR) is 73.3 cm³/mol. The summed E-state index contributed by atoms with van der Waals surface area (Å²) in [6.45, 7) is 0. The number of fused-ring (bicyclic) bond motifs is 1. The summed E-state index contributed by atoms with van der Waals surface area (Å²) < 4.78 is 9.56. The van der Waals surface area contributed by atoms with E-state index in [0.29, 0.717) is 0 Å². The number of hydrogen-bond donors (Lipinski definition) is 0. The Kier molecular flexibility index (Phi) is 2.88. The molecule has 3 nitrogen and oxygen atoms in total. The second-order valence-corrected chi connectivity index (χ2v) is 6.61. The fourth-order valence-corrected chi connectivity index (χ4v) is 5.38. The molecule has 86 valence electrons. The van der Waals surface area contributed by atoms with Crippen LogP contribution in [0.15, 0.2) is 29.8 Å². The molecule has 2 heterocycles. The number of benzene rings is 1. The number of hydrogen-bond acceptors (Lipinski definition) is 4. The Balaban J connectivity index is 2.36. The Hall–Kier alpha value is -0.941. The molecule has 0 saturated heterocycles. The van der Waals surface area contributed by atoms with E-state index in [4.69, 9.17) is 17.0 Å². The van der Waals surface area contributed by atoms with Gasteiger partial charge in [-0.05, 0) is 0 Å². The molecule has 0 aliphatic carbocycles. The van der Waals surface area contributed by atoms with E-state index < -0.39 is 0 Å². The third-order valence-electron chi connectivity index (χ3n) is 2.39. The number of rotatable bonds is 2. The van der Waals surface area contributed by atoms with Crippen LogP contribution in [0, 0.1) is 4.64 Å². The zero-order valence-electron chi connectivity index (χ0n) is 8.91. The van der Waals surface area contributed by atoms with Crippen molar-refractivity contribution in [2.45, 2.75) is 0 Å². The molecule has 0 unspecified atom stereocenters. The van der Waals surface area contributed by atoms with E-state index in [9.17, 15) is 0 Å². The van der Waals surface area contributed by atoms with Gasteiger partial charge in [-0.2, -0.15) is 0 Å². The van der Waals surface area contributed by atoms with Crippen molar-refractivity contribution in [1.29, 1.82) is 0 Å². The predicted octanol–water partition coefficient (Wildman–Crippen LogP) is 2.88. The standard InChI is InChI=1S/C11H8N2OS2Se/c1-14-8-4-2-3-7-9(8)17-13(10(7)15)11-12-5-6-16-11/h2-6H,1H3. The van der Waals surface area contributed by atoms with Crippen LogP contribution in [0.5, 0.6) is 5.75 Å². The Morgan fingerprint density at radius 2 is 2.35 bits per heavy atom. The van der Waals surface area contributed by atoms with E-state index >= 15 is 0 Å². The van der Waals surface area contributed by atoms with E-state index in [1.165, 1.54) is 4.26 Å². The Labute approximate surface area is 113 Å². The third kappa shape index (κ3) is 1.77. The first kappa shape index (κ1) is 11.2. The summed E-state index contributed by atoms with van der Waals surface area (Å²) in [5.41, 5.74) is 0. The summed E-state index contributed by atoms with van der Waals surface area (Å²) in [5, 5.41) is 4.04. The van der Waals surface area contributed by atoms with Gasteiger partial charge in [-0.3, -0.25) is 0 Å². The van der Waals surface area contributed by atoms with Crippen molar-refractivity contribution in [3.63, 3.8) is 0 Å². The maximum absolute atomic E-state index is 5.50. The maximum atomic E-state index is 5.50. The van der Waals surface area contributed by atoms with Gasteiger partial charge >= 0.3 is 114 Å². The molecule has 0 aliphatic rings. The molecule has 0 atom stereocenters. The molecule has 1 aromatic carbocycles. The monoisotopic (exact) mass is 328 g/mol. The van der Waals surface area contributed by atoms with Gasteiger partial charge in [0, 0.05) is 0 Å². The molecule has 2 aromatic heterocycles. The molecule has 0 aliphatic heterocycles. The number of ether oxygens (including phenoxy) is 1. The summed E-state index contributed by atoms with van der Waals surface area (Å²) in [6, 6.07) is 6.01. The molecule has 0 bridgehead atoms. The molecule has 6 heteroatoms. The van der Waals surface area contributed by atoms with E-state index in [0.717, 1.165) is 20.9 Å². The van der Waals surface area contributed by atoms with E-state index in [1.807, 2.05) is 17.5 Å². The van der Waals surface area contributed by atoms with Gasteiger partial charge in [0.1, 0.15) is 0 Å². The zero-order chi connectivity index (χ0) is 11.8. The van der Waals surface area contributed by atoms with Crippen molar-refractivity contribution >= 4 is 47.9 Å². The van der Waals surface area contributed by atoms with Gasteiger partial charge < -0.3 is 0 Å². The fraction of sp³-hybridized carbons (Fsp3) is 0.0909. The summed E-state index contributed by atoms with van der Waals surface area (Å²) >= 11 is 7.24. The van der Waals surface area contributed by atoms with Crippen LogP contribution in [0.25, 0.3) is 14.8 Å². The van der Waals surface area contributed by atoms with E-state index in [-0.39, 0.29) is 14.7 Å². The average Bonchev–Trinajstić information content (AvgIpc) is 2.97. The second kappa shape index (κ2) is 4.38. The van der Waals surface area contributed by atoms with Crippen molar-refractivity contribution in [3.8, 4) is 10.9 Å². The summed E-state index contributed by atoms with van der Waals surface area (Å²) in [4.78, 5) is 4.32. The van der Waals surface area contributed by atoms with E-state index in [2.05, 4.69) is 14.6 Å². The van der Waals surface area contributed by atoms with Crippen molar-refractivity contribution in [2.75, 3.05) is 7.11 Å². The summed E-state index contributed by atoms with van der Waals surface area (Å²) in [5.74, 6) is 0.920. The minimum atomic E-state index is 0.122. The van der Waals surface area contributed by atoms with Gasteiger partial charge in [0.15, 0.2) is 0 Å². The zero-order valence-corrected chi connectivity index (χ0v) is 12.3. The SMILES string of the molecule is COc1cccc2c(=S)n(-c3nccs3)[se]c12. The molecule has 0 radical (unpaired) electrons. The normalized spacial score (nSPS) is 10.9. The molecule has 17 heavy (non-hydrogen) atoms. The number of thiazole rings is 1. The van der Waals surface area contributed by atoms with Crippen molar-refractivity contribution < 1.29 is 4.74 Å². The van der Waals surface area contributed by atoms with Gasteiger partial charge in [-0.25, -0.2) is 0 Å². The van der Waals surface area contributed by atoms with E-state index in [1.54, 1.807) is 24.6 Å². The molecule has 3 aromatic rings. The van der Waals surface area contributed by atoms with Gasteiger partial charge in [-0.1, -0.05) is 0 Å². The molecular formula is C11H8N2OS2Se. The third-order valence-corrected chi connectivity index (χ3v) is 6.47. The topological polar surface area (TPSA) is 27.1 Å². The molecule has 0 saturated carbocycles. The Bertz CT molecular complexity index is 715. The minimum absolute atomic E-state index is 0.122. The van der Waals surface area contributed by atoms with Gasteiger partial charge in [0.05, 0.1) is 0 Å². The van der Waals surface area contributed by atoms with Crippen LogP contribution in [-0.2, 0) is 0 Å². The fourth-order valence-electron chi connectivity index (χ4n) is 1.62. The molecular weight excluding hydrogens is 319 g/mol. The van der Waals surface area contributed by atoms with Crippen molar-refractivity contribution in [3.05, 3.63) is 34.4 Å².